The van der Waals surface area contributed by atoms with Gasteiger partial charge < -0.3 is 0 Å². The zero-order valence-corrected chi connectivity index (χ0v) is 16.5. The van der Waals surface area contributed by atoms with E-state index in [-0.39, 0.29) is 0 Å². The molecule has 0 radical (unpaired) electrons. The molecular formula is C28H24. The molecular weight excluding hydrogens is 336 g/mol. The summed E-state index contributed by atoms with van der Waals surface area (Å²) in [4.78, 5) is 0. The van der Waals surface area contributed by atoms with Gasteiger partial charge in [0.15, 0.2) is 0 Å². The molecule has 136 valence electrons. The zero-order valence-electron chi connectivity index (χ0n) is 16.5. The molecule has 0 heteroatoms. The molecule has 1 aliphatic carbocycles. The van der Waals surface area contributed by atoms with E-state index in [0.717, 1.165) is 12.8 Å². The maximum absolute atomic E-state index is 2.29. The van der Waals surface area contributed by atoms with Crippen LogP contribution in [0.1, 0.15) is 25.0 Å². The maximum Gasteiger partial charge on any atom is -0.00140 e. The van der Waals surface area contributed by atoms with Crippen LogP contribution in [-0.4, -0.2) is 0 Å². The van der Waals surface area contributed by atoms with Crippen molar-refractivity contribution in [3.05, 3.63) is 117 Å². The molecule has 0 saturated heterocycles. The van der Waals surface area contributed by atoms with E-state index >= 15 is 0 Å². The minimum atomic E-state index is 1.05. The minimum Gasteiger partial charge on any atom is -0.0620 e. The summed E-state index contributed by atoms with van der Waals surface area (Å²) in [6, 6.07) is 31.2. The van der Waals surface area contributed by atoms with Gasteiger partial charge in [0.2, 0.25) is 0 Å². The van der Waals surface area contributed by atoms with Crippen molar-refractivity contribution in [1.82, 2.24) is 0 Å². The van der Waals surface area contributed by atoms with Crippen LogP contribution in [0.3, 0.4) is 0 Å². The lowest BCUT2D eigenvalue weighted by Crippen LogP contribution is -1.99. The molecule has 0 bridgehead atoms. The van der Waals surface area contributed by atoms with Crippen LogP contribution < -0.4 is 0 Å². The molecule has 0 unspecified atom stereocenters. The molecule has 28 heavy (non-hydrogen) atoms. The van der Waals surface area contributed by atoms with Crippen LogP contribution >= 0.6 is 0 Å². The normalized spacial score (nSPS) is 11.5. The molecule has 0 spiro atoms. The topological polar surface area (TPSA) is 0 Å². The zero-order chi connectivity index (χ0) is 19.1. The Hall–Kier alpha value is -3.12. The Morgan fingerprint density at radius 3 is 1.25 bits per heavy atom. The van der Waals surface area contributed by atoms with Crippen molar-refractivity contribution < 1.29 is 0 Å². The van der Waals surface area contributed by atoms with Crippen molar-refractivity contribution in [3.8, 4) is 22.3 Å². The van der Waals surface area contributed by atoms with Crippen LogP contribution in [0, 0.1) is 20.9 Å². The lowest BCUT2D eigenvalue weighted by atomic mass is 9.86. The van der Waals surface area contributed by atoms with Gasteiger partial charge in [0.25, 0.3) is 0 Å². The first kappa shape index (κ1) is 17.0. The lowest BCUT2D eigenvalue weighted by Gasteiger charge is -2.17. The number of aryl methyl sites for hydroxylation is 2. The molecule has 1 aliphatic rings. The van der Waals surface area contributed by atoms with E-state index < -0.39 is 0 Å². The van der Waals surface area contributed by atoms with E-state index in [9.17, 15) is 0 Å². The number of benzene rings is 4. The number of rotatable bonds is 4. The standard InChI is InChI=1S/C28H24/c1-3-19-11-5-7-13-21(19)23-15-9-17-25-26-18-10-16-24(28(26)27(23)25)22-14-8-6-12-20(22)4-2/h5-18H,3-4H2,1-2H3. The molecule has 0 fully saturated rings. The number of fused-ring (bicyclic) bond motifs is 2. The summed E-state index contributed by atoms with van der Waals surface area (Å²) in [5.74, 6) is 0. The summed E-state index contributed by atoms with van der Waals surface area (Å²) < 4.78 is 0. The monoisotopic (exact) mass is 360 g/mol. The van der Waals surface area contributed by atoms with Crippen LogP contribution in [0.25, 0.3) is 22.3 Å². The Kier molecular flexibility index (Phi) is 4.13. The molecule has 0 atom stereocenters. The highest BCUT2D eigenvalue weighted by molar-refractivity contribution is 5.74. The maximum atomic E-state index is 2.29. The summed E-state index contributed by atoms with van der Waals surface area (Å²) in [7, 11) is 0. The molecule has 0 saturated carbocycles. The second-order valence-electron chi connectivity index (χ2n) is 7.48. The van der Waals surface area contributed by atoms with Gasteiger partial charge in [0, 0.05) is 0 Å². The van der Waals surface area contributed by atoms with Crippen LogP contribution in [0.15, 0.2) is 84.9 Å². The van der Waals surface area contributed by atoms with Gasteiger partial charge in [-0.3, -0.25) is 0 Å². The van der Waals surface area contributed by atoms with Gasteiger partial charge in [-0.2, -0.15) is 0 Å². The van der Waals surface area contributed by atoms with E-state index in [1.807, 2.05) is 0 Å². The predicted molar refractivity (Wildman–Crippen MR) is 118 cm³/mol. The quantitative estimate of drug-likeness (QED) is 0.323. The van der Waals surface area contributed by atoms with Crippen LogP contribution in [0.5, 0.6) is 0 Å². The number of hydrogen-bond donors (Lipinski definition) is 0. The van der Waals surface area contributed by atoms with Gasteiger partial charge in [-0.05, 0) is 67.1 Å². The third-order valence-electron chi connectivity index (χ3n) is 6.05. The van der Waals surface area contributed by atoms with Crippen molar-refractivity contribution in [2.75, 3.05) is 0 Å². The van der Waals surface area contributed by atoms with Crippen LogP contribution in [-0.2, 0) is 12.8 Å². The van der Waals surface area contributed by atoms with E-state index in [0.29, 0.717) is 0 Å². The second kappa shape index (κ2) is 6.80. The lowest BCUT2D eigenvalue weighted by molar-refractivity contribution is 1.13. The Morgan fingerprint density at radius 1 is 0.429 bits per heavy atom. The van der Waals surface area contributed by atoms with Gasteiger partial charge in [0.05, 0.1) is 0 Å². The third kappa shape index (κ3) is 2.45. The highest BCUT2D eigenvalue weighted by Crippen LogP contribution is 2.34. The summed E-state index contributed by atoms with van der Waals surface area (Å²) in [6.45, 7) is 4.48. The summed E-state index contributed by atoms with van der Waals surface area (Å²) in [5, 5.41) is 5.60. The molecule has 0 amide bonds. The first-order valence-electron chi connectivity index (χ1n) is 10.3. The molecule has 0 aromatic heterocycles. The molecule has 4 aromatic rings. The van der Waals surface area contributed by atoms with E-state index in [1.165, 1.54) is 54.3 Å². The Balaban J connectivity index is 1.91. The fraction of sp³-hybridized carbons (Fsp3) is 0.143. The summed E-state index contributed by atoms with van der Waals surface area (Å²) in [5.41, 5.74) is 8.29. The van der Waals surface area contributed by atoms with Gasteiger partial charge >= 0.3 is 0 Å². The van der Waals surface area contributed by atoms with E-state index in [1.54, 1.807) is 0 Å². The molecule has 0 aliphatic heterocycles. The SMILES string of the molecule is CCc1ccccc1-c1cccc2c1=c1c(-c3ccccc3CC)cccc1=2. The Labute approximate surface area is 166 Å². The van der Waals surface area contributed by atoms with Crippen molar-refractivity contribution in [2.24, 2.45) is 0 Å². The van der Waals surface area contributed by atoms with Gasteiger partial charge in [0.1, 0.15) is 0 Å². The molecule has 4 aromatic carbocycles. The van der Waals surface area contributed by atoms with E-state index in [4.69, 9.17) is 0 Å². The van der Waals surface area contributed by atoms with Crippen LogP contribution in [0.2, 0.25) is 0 Å². The second-order valence-corrected chi connectivity index (χ2v) is 7.48. The molecule has 0 heterocycles. The fourth-order valence-corrected chi connectivity index (χ4v) is 4.66. The first-order valence-corrected chi connectivity index (χ1v) is 10.3. The van der Waals surface area contributed by atoms with Crippen LogP contribution in [0.4, 0.5) is 0 Å². The van der Waals surface area contributed by atoms with Crippen molar-refractivity contribution >= 4 is 0 Å². The number of hydrogen-bond acceptors (Lipinski definition) is 0. The van der Waals surface area contributed by atoms with Crippen molar-refractivity contribution in [1.29, 1.82) is 0 Å². The summed E-state index contributed by atoms with van der Waals surface area (Å²) >= 11 is 0. The molecule has 0 nitrogen and oxygen atoms in total. The van der Waals surface area contributed by atoms with Crippen molar-refractivity contribution in [3.63, 3.8) is 0 Å². The third-order valence-corrected chi connectivity index (χ3v) is 6.05. The Bertz CT molecular complexity index is 1270. The minimum absolute atomic E-state index is 1.05. The van der Waals surface area contributed by atoms with Crippen molar-refractivity contribution in [2.45, 2.75) is 26.7 Å². The highest BCUT2D eigenvalue weighted by atomic mass is 14.2. The average molecular weight is 361 g/mol. The Morgan fingerprint density at radius 2 is 0.821 bits per heavy atom. The van der Waals surface area contributed by atoms with E-state index in [2.05, 4.69) is 98.8 Å². The average Bonchev–Trinajstić information content (AvgIpc) is 2.76. The molecule has 0 N–H and O–H groups in total. The predicted octanol–water partition coefficient (Wildman–Crippen LogP) is 7.03. The molecule has 5 rings (SSSR count). The first-order chi connectivity index (χ1) is 13.8. The van der Waals surface area contributed by atoms with Gasteiger partial charge in [-0.15, -0.1) is 0 Å². The fourth-order valence-electron chi connectivity index (χ4n) is 4.66. The summed E-state index contributed by atoms with van der Waals surface area (Å²) in [6.07, 6.45) is 2.10. The smallest absolute Gasteiger partial charge is 0.00140 e. The highest BCUT2D eigenvalue weighted by Gasteiger charge is 2.15. The largest absolute Gasteiger partial charge is 0.0620 e. The van der Waals surface area contributed by atoms with Gasteiger partial charge in [-0.25, -0.2) is 0 Å². The van der Waals surface area contributed by atoms with Gasteiger partial charge in [-0.1, -0.05) is 98.8 Å².